The molecule has 1 amide bonds. The van der Waals surface area contributed by atoms with Gasteiger partial charge in [-0.1, -0.05) is 25.1 Å². The van der Waals surface area contributed by atoms with Gasteiger partial charge in [-0.3, -0.25) is 4.79 Å². The Morgan fingerprint density at radius 2 is 2.00 bits per heavy atom. The van der Waals surface area contributed by atoms with Crippen LogP contribution in [0.25, 0.3) is 0 Å². The number of carbonyl (C=O) groups excluding carboxylic acids is 1. The normalized spacial score (nSPS) is 20.6. The van der Waals surface area contributed by atoms with E-state index in [2.05, 4.69) is 29.3 Å². The molecule has 0 unspecified atom stereocenters. The summed E-state index contributed by atoms with van der Waals surface area (Å²) in [6.45, 7) is 10.3. The van der Waals surface area contributed by atoms with Gasteiger partial charge in [-0.15, -0.1) is 0 Å². The lowest BCUT2D eigenvalue weighted by atomic mass is 9.91. The van der Waals surface area contributed by atoms with Crippen molar-refractivity contribution in [3.05, 3.63) is 41.0 Å². The number of nitrogens with zero attached hydrogens (tertiary/aromatic N) is 3. The van der Waals surface area contributed by atoms with E-state index in [0.29, 0.717) is 30.1 Å². The molecule has 1 aliphatic rings. The lowest BCUT2D eigenvalue weighted by Crippen LogP contribution is -2.42. The molecule has 1 N–H and O–H groups in total. The third-order valence-corrected chi connectivity index (χ3v) is 4.65. The fourth-order valence-electron chi connectivity index (χ4n) is 3.54. The van der Waals surface area contributed by atoms with Gasteiger partial charge in [0.25, 0.3) is 5.91 Å². The van der Waals surface area contributed by atoms with E-state index in [1.165, 1.54) is 6.42 Å². The third-order valence-electron chi connectivity index (χ3n) is 4.65. The van der Waals surface area contributed by atoms with Crippen LogP contribution in [0.2, 0.25) is 0 Å². The predicted octanol–water partition coefficient (Wildman–Crippen LogP) is 3.42. The maximum absolute atomic E-state index is 12.9. The monoisotopic (exact) mass is 342 g/mol. The second kappa shape index (κ2) is 7.25. The molecule has 1 saturated heterocycles. The van der Waals surface area contributed by atoms with Crippen molar-refractivity contribution >= 4 is 11.6 Å². The SMILES string of the molecule is Cc1nc(CNc2cc(C(=O)N3C[C@H](C)C[C@H](C)C3)ccc2C)no1. The lowest BCUT2D eigenvalue weighted by molar-refractivity contribution is 0.0623. The minimum Gasteiger partial charge on any atom is -0.377 e. The fourth-order valence-corrected chi connectivity index (χ4v) is 3.54. The summed E-state index contributed by atoms with van der Waals surface area (Å²) in [5.74, 6) is 2.37. The van der Waals surface area contributed by atoms with E-state index in [9.17, 15) is 4.79 Å². The molecule has 0 bridgehead atoms. The Morgan fingerprint density at radius 3 is 2.64 bits per heavy atom. The Hall–Kier alpha value is -2.37. The van der Waals surface area contributed by atoms with Gasteiger partial charge in [-0.05, 0) is 42.9 Å². The number of anilines is 1. The molecule has 1 aromatic carbocycles. The van der Waals surface area contributed by atoms with Crippen LogP contribution < -0.4 is 5.32 Å². The van der Waals surface area contributed by atoms with E-state index < -0.39 is 0 Å². The molecule has 2 heterocycles. The van der Waals surface area contributed by atoms with Crippen LogP contribution in [0.15, 0.2) is 22.7 Å². The first-order valence-electron chi connectivity index (χ1n) is 8.85. The number of likely N-dealkylation sites (tertiary alicyclic amines) is 1. The minimum atomic E-state index is 0.108. The molecule has 6 heteroatoms. The zero-order valence-electron chi connectivity index (χ0n) is 15.4. The molecular weight excluding hydrogens is 316 g/mol. The number of hydrogen-bond donors (Lipinski definition) is 1. The van der Waals surface area contributed by atoms with Crippen LogP contribution in [0.3, 0.4) is 0 Å². The highest BCUT2D eigenvalue weighted by Gasteiger charge is 2.26. The largest absolute Gasteiger partial charge is 0.377 e. The topological polar surface area (TPSA) is 71.3 Å². The first kappa shape index (κ1) is 17.5. The third kappa shape index (κ3) is 4.18. The van der Waals surface area contributed by atoms with E-state index >= 15 is 0 Å². The summed E-state index contributed by atoms with van der Waals surface area (Å²) in [6, 6.07) is 5.81. The number of benzene rings is 1. The molecule has 0 saturated carbocycles. The van der Waals surface area contributed by atoms with Gasteiger partial charge >= 0.3 is 0 Å². The molecular formula is C19H26N4O2. The number of rotatable bonds is 4. The molecule has 1 aliphatic heterocycles. The number of nitrogens with one attached hydrogen (secondary N) is 1. The van der Waals surface area contributed by atoms with Crippen LogP contribution in [-0.2, 0) is 6.54 Å². The van der Waals surface area contributed by atoms with E-state index in [1.54, 1.807) is 6.92 Å². The smallest absolute Gasteiger partial charge is 0.253 e. The van der Waals surface area contributed by atoms with Crippen molar-refractivity contribution in [3.8, 4) is 0 Å². The quantitative estimate of drug-likeness (QED) is 0.922. The van der Waals surface area contributed by atoms with E-state index in [4.69, 9.17) is 4.52 Å². The highest BCUT2D eigenvalue weighted by Crippen LogP contribution is 2.24. The van der Waals surface area contributed by atoms with Crippen LogP contribution in [0.1, 0.15) is 47.9 Å². The molecule has 1 fully saturated rings. The van der Waals surface area contributed by atoms with Gasteiger partial charge in [-0.25, -0.2) is 0 Å². The van der Waals surface area contributed by atoms with Gasteiger partial charge < -0.3 is 14.7 Å². The van der Waals surface area contributed by atoms with Crippen LogP contribution in [0.4, 0.5) is 5.69 Å². The highest BCUT2D eigenvalue weighted by molar-refractivity contribution is 5.95. The van der Waals surface area contributed by atoms with Crippen molar-refractivity contribution in [3.63, 3.8) is 0 Å². The lowest BCUT2D eigenvalue weighted by Gasteiger charge is -2.35. The van der Waals surface area contributed by atoms with Crippen molar-refractivity contribution in [2.45, 2.75) is 40.7 Å². The Bertz CT molecular complexity index is 746. The molecule has 0 spiro atoms. The molecule has 6 nitrogen and oxygen atoms in total. The first-order valence-corrected chi connectivity index (χ1v) is 8.85. The molecule has 25 heavy (non-hydrogen) atoms. The number of piperidine rings is 1. The average molecular weight is 342 g/mol. The van der Waals surface area contributed by atoms with Crippen molar-refractivity contribution in [2.24, 2.45) is 11.8 Å². The van der Waals surface area contributed by atoms with E-state index in [-0.39, 0.29) is 5.91 Å². The van der Waals surface area contributed by atoms with Crippen molar-refractivity contribution in [1.29, 1.82) is 0 Å². The fraction of sp³-hybridized carbons (Fsp3) is 0.526. The summed E-state index contributed by atoms with van der Waals surface area (Å²) >= 11 is 0. The van der Waals surface area contributed by atoms with E-state index in [1.807, 2.05) is 30.0 Å². The summed E-state index contributed by atoms with van der Waals surface area (Å²) in [4.78, 5) is 19.1. The predicted molar refractivity (Wildman–Crippen MR) is 96.4 cm³/mol. The van der Waals surface area contributed by atoms with Gasteiger partial charge in [-0.2, -0.15) is 4.98 Å². The molecule has 0 radical (unpaired) electrons. The first-order chi connectivity index (χ1) is 11.9. The van der Waals surface area contributed by atoms with Crippen LogP contribution in [0.5, 0.6) is 0 Å². The Labute approximate surface area is 148 Å². The number of aryl methyl sites for hydroxylation is 2. The van der Waals surface area contributed by atoms with Crippen LogP contribution in [-0.4, -0.2) is 34.0 Å². The Morgan fingerprint density at radius 1 is 1.28 bits per heavy atom. The Kier molecular flexibility index (Phi) is 5.06. The van der Waals surface area contributed by atoms with Crippen molar-refractivity contribution in [1.82, 2.24) is 15.0 Å². The van der Waals surface area contributed by atoms with E-state index in [0.717, 1.165) is 29.9 Å². The van der Waals surface area contributed by atoms with Crippen molar-refractivity contribution in [2.75, 3.05) is 18.4 Å². The molecule has 0 aliphatic carbocycles. The van der Waals surface area contributed by atoms with Crippen LogP contribution >= 0.6 is 0 Å². The molecule has 2 atom stereocenters. The molecule has 2 aromatic rings. The van der Waals surface area contributed by atoms with Crippen molar-refractivity contribution < 1.29 is 9.32 Å². The maximum Gasteiger partial charge on any atom is 0.253 e. The van der Waals surface area contributed by atoms with Gasteiger partial charge in [0, 0.05) is 31.3 Å². The van der Waals surface area contributed by atoms with Gasteiger partial charge in [0.05, 0.1) is 6.54 Å². The second-order valence-electron chi connectivity index (χ2n) is 7.27. The summed E-state index contributed by atoms with van der Waals surface area (Å²) in [5, 5.41) is 7.19. The maximum atomic E-state index is 12.9. The summed E-state index contributed by atoms with van der Waals surface area (Å²) in [7, 11) is 0. The molecule has 1 aromatic heterocycles. The van der Waals surface area contributed by atoms with Gasteiger partial charge in [0.15, 0.2) is 5.82 Å². The zero-order valence-corrected chi connectivity index (χ0v) is 15.4. The second-order valence-corrected chi connectivity index (χ2v) is 7.27. The standard InChI is InChI=1S/C19H26N4O2/c1-12-7-13(2)11-23(10-12)19(24)16-6-5-14(3)17(8-16)20-9-18-21-15(4)25-22-18/h5-6,8,12-13,20H,7,9-11H2,1-4H3/t12-,13+. The van der Waals surface area contributed by atoms with Crippen LogP contribution in [0, 0.1) is 25.7 Å². The highest BCUT2D eigenvalue weighted by atomic mass is 16.5. The number of aromatic nitrogens is 2. The average Bonchev–Trinajstić information content (AvgIpc) is 2.98. The summed E-state index contributed by atoms with van der Waals surface area (Å²) < 4.78 is 4.98. The number of hydrogen-bond acceptors (Lipinski definition) is 5. The van der Waals surface area contributed by atoms with Gasteiger partial charge in [0.2, 0.25) is 5.89 Å². The number of amides is 1. The summed E-state index contributed by atoms with van der Waals surface area (Å²) in [6.07, 6.45) is 1.19. The zero-order chi connectivity index (χ0) is 18.0. The minimum absolute atomic E-state index is 0.108. The molecule has 134 valence electrons. The summed E-state index contributed by atoms with van der Waals surface area (Å²) in [5.41, 5.74) is 2.72. The number of carbonyl (C=O) groups is 1. The van der Waals surface area contributed by atoms with Gasteiger partial charge in [0.1, 0.15) is 0 Å². The molecule has 3 rings (SSSR count). The Balaban J connectivity index is 1.72.